The minimum Gasteiger partial charge on any atom is -0.463 e. The lowest BCUT2D eigenvalue weighted by atomic mass is 9.98. The van der Waals surface area contributed by atoms with Crippen LogP contribution in [0.2, 0.25) is 0 Å². The summed E-state index contributed by atoms with van der Waals surface area (Å²) in [5.74, 6) is -9.30. The summed E-state index contributed by atoms with van der Waals surface area (Å²) in [5.41, 5.74) is 0. The summed E-state index contributed by atoms with van der Waals surface area (Å²) in [6, 6.07) is 0. The molecule has 0 aliphatic carbocycles. The van der Waals surface area contributed by atoms with Crippen LogP contribution in [0.25, 0.3) is 0 Å². The molecular formula is C38H52O25. The number of hydrogen-bond acceptors (Lipinski definition) is 25. The van der Waals surface area contributed by atoms with Gasteiger partial charge in [0.25, 0.3) is 11.9 Å². The van der Waals surface area contributed by atoms with Gasteiger partial charge in [-0.25, -0.2) is 0 Å². The van der Waals surface area contributed by atoms with Gasteiger partial charge in [0, 0.05) is 62.3 Å². The van der Waals surface area contributed by atoms with E-state index in [2.05, 4.69) is 0 Å². The Kier molecular flexibility index (Phi) is 15.0. The first-order chi connectivity index (χ1) is 29.5. The van der Waals surface area contributed by atoms with E-state index >= 15 is 0 Å². The number of fused-ring (bicyclic) bond motifs is 3. The van der Waals surface area contributed by atoms with Crippen molar-refractivity contribution in [1.29, 1.82) is 0 Å². The lowest BCUT2D eigenvalue weighted by Crippen LogP contribution is -2.62. The summed E-state index contributed by atoms with van der Waals surface area (Å²) in [7, 11) is 0. The van der Waals surface area contributed by atoms with Crippen molar-refractivity contribution in [1.82, 2.24) is 0 Å². The highest BCUT2D eigenvalue weighted by molar-refractivity contribution is 5.69. The monoisotopic (exact) mass is 908 g/mol. The molecule has 0 spiro atoms. The lowest BCUT2D eigenvalue weighted by Gasteiger charge is -2.44. The van der Waals surface area contributed by atoms with Crippen molar-refractivity contribution in [2.24, 2.45) is 0 Å². The predicted molar refractivity (Wildman–Crippen MR) is 192 cm³/mol. The molecule has 0 unspecified atom stereocenters. The average Bonchev–Trinajstić information content (AvgIpc) is 3.82. The molecule has 0 aromatic carbocycles. The van der Waals surface area contributed by atoms with Crippen LogP contribution in [0.15, 0.2) is 0 Å². The van der Waals surface area contributed by atoms with E-state index in [1.165, 1.54) is 13.8 Å². The maximum atomic E-state index is 12.7. The van der Waals surface area contributed by atoms with Crippen LogP contribution in [0, 0.1) is 0 Å². The minimum absolute atomic E-state index is 0.411. The molecule has 6 aliphatic rings. The van der Waals surface area contributed by atoms with Crippen LogP contribution in [0.3, 0.4) is 0 Å². The number of hydrogen-bond donors (Lipinski definition) is 0. The zero-order valence-electron chi connectivity index (χ0n) is 36.1. The molecule has 6 saturated heterocycles. The van der Waals surface area contributed by atoms with Crippen LogP contribution in [0.5, 0.6) is 0 Å². The zero-order chi connectivity index (χ0) is 46.1. The van der Waals surface area contributed by atoms with Crippen molar-refractivity contribution in [3.8, 4) is 0 Å². The van der Waals surface area contributed by atoms with Gasteiger partial charge in [-0.2, -0.15) is 0 Å². The molecule has 0 amide bonds. The van der Waals surface area contributed by atoms with Crippen LogP contribution in [-0.2, 0) is 119 Å². The molecule has 0 aromatic heterocycles. The Morgan fingerprint density at radius 3 is 1.24 bits per heavy atom. The fraction of sp³-hybridized carbons (Fsp3) is 0.816. The quantitative estimate of drug-likeness (QED) is 0.154. The summed E-state index contributed by atoms with van der Waals surface area (Å²) in [6.07, 6.45) is -20.1. The second-order valence-electron chi connectivity index (χ2n) is 15.4. The molecule has 354 valence electrons. The molecule has 63 heavy (non-hydrogen) atoms. The zero-order valence-corrected chi connectivity index (χ0v) is 36.1. The van der Waals surface area contributed by atoms with Gasteiger partial charge < -0.3 is 75.8 Å². The molecule has 25 nitrogen and oxygen atoms in total. The van der Waals surface area contributed by atoms with Gasteiger partial charge in [-0.15, -0.1) is 0 Å². The number of rotatable bonds is 14. The Hall–Kier alpha value is -4.15. The SMILES string of the molecule is CC(=O)OC[C@@H]1O[C@@H]2O[C@](C)(OC[C@@H]3O[C@H]4O[C@H](C)O[C@@H]4[C@H](O[C@@]4(C)O[C@@H]5O[C@H](COC(C)=O)[C@@H](OC(C)=O)[C@H](OC(C)=O)[C@H]5O4)[C@@H]3OC(C)=O)O[C@H]2[C@H](OC(C)=O)[C@H]1OC(C)=O. The number of carbonyl (C=O) groups excluding carboxylic acids is 7. The van der Waals surface area contributed by atoms with E-state index in [1.54, 1.807) is 6.92 Å². The molecule has 6 fully saturated rings. The van der Waals surface area contributed by atoms with Crippen LogP contribution < -0.4 is 0 Å². The third-order valence-electron chi connectivity index (χ3n) is 10.1. The molecule has 25 heteroatoms. The topological polar surface area (TPSA) is 286 Å². The van der Waals surface area contributed by atoms with Crippen molar-refractivity contribution >= 4 is 41.8 Å². The van der Waals surface area contributed by atoms with E-state index in [1.807, 2.05) is 0 Å². The van der Waals surface area contributed by atoms with Crippen LogP contribution in [0.4, 0.5) is 0 Å². The Morgan fingerprint density at radius 2 is 0.794 bits per heavy atom. The number of carbonyl (C=O) groups is 7. The molecule has 6 heterocycles. The standard InChI is InChI=1S/C38H52O25/c1-14(39)46-11-22-25(49-16(3)41)28(52-19(6)44)32-35(57-22)62-37(9,60-32)48-13-24-27(51-18(5)43)30(31-34(56-24)55-21(8)54-31)59-38(10)61-33-29(53-20(7)45)26(50-17(4)42)23(12-47-15(2)40)58-36(33)63-38/h21-36H,11-13H2,1-10H3/t21-,22+,23-,24+,25+,26-,27-,28-,29+,30-,31-,32+,33-,34-,35-,36+,37-,38-/m1/s1. The summed E-state index contributed by atoms with van der Waals surface area (Å²) in [4.78, 5) is 85.1. The predicted octanol–water partition coefficient (Wildman–Crippen LogP) is -0.713. The molecule has 0 aromatic rings. The first-order valence-electron chi connectivity index (χ1n) is 20.0. The van der Waals surface area contributed by atoms with Gasteiger partial charge in [0.2, 0.25) is 0 Å². The molecule has 18 atom stereocenters. The molecule has 0 radical (unpaired) electrons. The van der Waals surface area contributed by atoms with E-state index in [0.717, 1.165) is 48.5 Å². The minimum atomic E-state index is -2.11. The highest BCUT2D eigenvalue weighted by atomic mass is 17.0. The summed E-state index contributed by atoms with van der Waals surface area (Å²) in [6.45, 7) is 10.9. The lowest BCUT2D eigenvalue weighted by molar-refractivity contribution is -0.396. The van der Waals surface area contributed by atoms with Crippen LogP contribution >= 0.6 is 0 Å². The van der Waals surface area contributed by atoms with Crippen molar-refractivity contribution in [3.05, 3.63) is 0 Å². The van der Waals surface area contributed by atoms with Gasteiger partial charge in [0.1, 0.15) is 43.7 Å². The van der Waals surface area contributed by atoms with Crippen molar-refractivity contribution in [2.45, 2.75) is 180 Å². The average molecular weight is 909 g/mol. The third-order valence-corrected chi connectivity index (χ3v) is 10.1. The van der Waals surface area contributed by atoms with Gasteiger partial charge in [-0.3, -0.25) is 43.0 Å². The first-order valence-corrected chi connectivity index (χ1v) is 20.0. The molecule has 0 saturated carbocycles. The van der Waals surface area contributed by atoms with E-state index in [0.29, 0.717) is 0 Å². The van der Waals surface area contributed by atoms with Crippen LogP contribution in [0.1, 0.15) is 69.2 Å². The fourth-order valence-electron chi connectivity index (χ4n) is 7.94. The molecule has 6 aliphatic heterocycles. The Labute approximate surface area is 359 Å². The molecule has 0 N–H and O–H groups in total. The van der Waals surface area contributed by atoms with Crippen molar-refractivity contribution < 1.29 is 119 Å². The summed E-state index contributed by atoms with van der Waals surface area (Å²) < 4.78 is 105. The van der Waals surface area contributed by atoms with Gasteiger partial charge in [0.15, 0.2) is 67.9 Å². The van der Waals surface area contributed by atoms with E-state index < -0.39 is 172 Å². The Balaban J connectivity index is 1.24. The second-order valence-corrected chi connectivity index (χ2v) is 15.4. The third kappa shape index (κ3) is 11.6. The summed E-state index contributed by atoms with van der Waals surface area (Å²) in [5, 5.41) is 0. The Bertz CT molecular complexity index is 1740. The molecular weight excluding hydrogens is 856 g/mol. The van der Waals surface area contributed by atoms with Gasteiger partial charge in [-0.05, 0) is 6.92 Å². The van der Waals surface area contributed by atoms with Crippen molar-refractivity contribution in [3.63, 3.8) is 0 Å². The number of esters is 7. The van der Waals surface area contributed by atoms with Gasteiger partial charge >= 0.3 is 41.8 Å². The van der Waals surface area contributed by atoms with E-state index in [-0.39, 0.29) is 0 Å². The van der Waals surface area contributed by atoms with E-state index in [4.69, 9.17) is 85.3 Å². The van der Waals surface area contributed by atoms with Gasteiger partial charge in [-0.1, -0.05) is 0 Å². The maximum Gasteiger partial charge on any atom is 0.303 e. The maximum absolute atomic E-state index is 12.7. The normalized spacial score (nSPS) is 41.5. The van der Waals surface area contributed by atoms with Crippen LogP contribution in [-0.4, -0.2) is 172 Å². The first kappa shape index (κ1) is 48.3. The van der Waals surface area contributed by atoms with E-state index in [9.17, 15) is 33.6 Å². The number of ether oxygens (including phenoxy) is 18. The second kappa shape index (κ2) is 19.5. The smallest absolute Gasteiger partial charge is 0.303 e. The largest absolute Gasteiger partial charge is 0.463 e. The highest BCUT2D eigenvalue weighted by Crippen LogP contribution is 2.45. The molecule has 6 rings (SSSR count). The Morgan fingerprint density at radius 1 is 0.413 bits per heavy atom. The van der Waals surface area contributed by atoms with Crippen molar-refractivity contribution in [2.75, 3.05) is 19.8 Å². The van der Waals surface area contributed by atoms with Gasteiger partial charge in [0.05, 0.1) is 6.61 Å². The highest BCUT2D eigenvalue weighted by Gasteiger charge is 2.64. The molecule has 0 bridgehead atoms. The summed E-state index contributed by atoms with van der Waals surface area (Å²) >= 11 is 0. The fourth-order valence-corrected chi connectivity index (χ4v) is 7.94.